The summed E-state index contributed by atoms with van der Waals surface area (Å²) in [4.78, 5) is 24.7. The third-order valence-electron chi connectivity index (χ3n) is 4.86. The van der Waals surface area contributed by atoms with Gasteiger partial charge in [0, 0.05) is 17.7 Å². The number of nitrogens with one attached hydrogen (secondary N) is 2. The molecule has 1 unspecified atom stereocenters. The number of ether oxygens (including phenoxy) is 1. The highest BCUT2D eigenvalue weighted by Gasteiger charge is 2.11. The summed E-state index contributed by atoms with van der Waals surface area (Å²) in [7, 11) is 0. The van der Waals surface area contributed by atoms with Crippen molar-refractivity contribution in [2.24, 2.45) is 0 Å². The molecule has 0 heterocycles. The molecule has 0 spiro atoms. The van der Waals surface area contributed by atoms with Crippen LogP contribution < -0.4 is 15.4 Å². The minimum atomic E-state index is -0.168. The normalized spacial score (nSPS) is 11.4. The zero-order chi connectivity index (χ0) is 22.1. The molecule has 0 radical (unpaired) electrons. The zero-order valence-corrected chi connectivity index (χ0v) is 17.9. The second kappa shape index (κ2) is 11.0. The van der Waals surface area contributed by atoms with Crippen LogP contribution in [-0.2, 0) is 4.79 Å². The Hall–Kier alpha value is -3.60. The lowest BCUT2D eigenvalue weighted by Gasteiger charge is -2.16. The number of carbonyl (C=O) groups is 2. The van der Waals surface area contributed by atoms with Crippen LogP contribution in [0.1, 0.15) is 47.3 Å². The second-order valence-electron chi connectivity index (χ2n) is 7.50. The maximum absolute atomic E-state index is 12.3. The molecule has 0 bridgehead atoms. The van der Waals surface area contributed by atoms with Crippen molar-refractivity contribution >= 4 is 17.5 Å². The fourth-order valence-corrected chi connectivity index (χ4v) is 3.20. The fraction of sp³-hybridized carbons (Fsp3) is 0.231. The van der Waals surface area contributed by atoms with Gasteiger partial charge in [0.15, 0.2) is 0 Å². The van der Waals surface area contributed by atoms with Crippen molar-refractivity contribution in [3.05, 3.63) is 95.6 Å². The molecule has 0 saturated heterocycles. The first-order chi connectivity index (χ1) is 15.0. The summed E-state index contributed by atoms with van der Waals surface area (Å²) >= 11 is 0. The van der Waals surface area contributed by atoms with E-state index < -0.39 is 0 Å². The van der Waals surface area contributed by atoms with Crippen LogP contribution in [0.4, 0.5) is 5.69 Å². The van der Waals surface area contributed by atoms with Crippen LogP contribution in [0.5, 0.6) is 5.75 Å². The third kappa shape index (κ3) is 7.00. The quantitative estimate of drug-likeness (QED) is 0.466. The molecular weight excluding hydrogens is 388 g/mol. The number of rotatable bonds is 9. The maximum atomic E-state index is 12.3. The Kier molecular flexibility index (Phi) is 7.82. The van der Waals surface area contributed by atoms with E-state index in [0.717, 1.165) is 16.9 Å². The summed E-state index contributed by atoms with van der Waals surface area (Å²) in [5.41, 5.74) is 3.36. The third-order valence-corrected chi connectivity index (χ3v) is 4.86. The molecule has 0 aliphatic rings. The smallest absolute Gasteiger partial charge is 0.255 e. The monoisotopic (exact) mass is 416 g/mol. The standard InChI is InChI=1S/C26H28N2O3/c1-19-9-6-14-24(17-19)31-16-8-15-25(29)27-20(2)22-12-7-13-23(18-22)28-26(30)21-10-4-3-5-11-21/h3-7,9-14,17-18,20H,8,15-16H2,1-2H3,(H,27,29)(H,28,30). The van der Waals surface area contributed by atoms with Gasteiger partial charge in [-0.15, -0.1) is 0 Å². The van der Waals surface area contributed by atoms with Crippen molar-refractivity contribution in [3.63, 3.8) is 0 Å². The van der Waals surface area contributed by atoms with Gasteiger partial charge in [-0.05, 0) is 67.8 Å². The predicted octanol–water partition coefficient (Wildman–Crippen LogP) is 5.28. The van der Waals surface area contributed by atoms with Crippen molar-refractivity contribution in [1.29, 1.82) is 0 Å². The Balaban J connectivity index is 1.46. The molecule has 3 rings (SSSR count). The molecule has 0 aliphatic heterocycles. The fourth-order valence-electron chi connectivity index (χ4n) is 3.20. The van der Waals surface area contributed by atoms with Crippen molar-refractivity contribution in [2.45, 2.75) is 32.7 Å². The van der Waals surface area contributed by atoms with Gasteiger partial charge in [-0.25, -0.2) is 0 Å². The summed E-state index contributed by atoms with van der Waals surface area (Å²) in [6.45, 7) is 4.44. The molecule has 5 nitrogen and oxygen atoms in total. The van der Waals surface area contributed by atoms with Crippen LogP contribution >= 0.6 is 0 Å². The number of anilines is 1. The second-order valence-corrected chi connectivity index (χ2v) is 7.50. The van der Waals surface area contributed by atoms with Crippen LogP contribution in [0.15, 0.2) is 78.9 Å². The Morgan fingerprint density at radius 2 is 1.71 bits per heavy atom. The molecule has 0 aliphatic carbocycles. The predicted molar refractivity (Wildman–Crippen MR) is 123 cm³/mol. The molecule has 3 aromatic rings. The summed E-state index contributed by atoms with van der Waals surface area (Å²) in [5.74, 6) is 0.630. The lowest BCUT2D eigenvalue weighted by Crippen LogP contribution is -2.26. The molecule has 3 aromatic carbocycles. The molecule has 0 saturated carbocycles. The van der Waals surface area contributed by atoms with Gasteiger partial charge in [0.25, 0.3) is 5.91 Å². The average molecular weight is 417 g/mol. The van der Waals surface area contributed by atoms with Gasteiger partial charge < -0.3 is 15.4 Å². The van der Waals surface area contributed by atoms with Crippen LogP contribution in [0.25, 0.3) is 0 Å². The number of hydrogen-bond acceptors (Lipinski definition) is 3. The number of hydrogen-bond donors (Lipinski definition) is 2. The first-order valence-corrected chi connectivity index (χ1v) is 10.5. The van der Waals surface area contributed by atoms with E-state index >= 15 is 0 Å². The van der Waals surface area contributed by atoms with E-state index in [9.17, 15) is 9.59 Å². The van der Waals surface area contributed by atoms with E-state index in [1.165, 1.54) is 0 Å². The van der Waals surface area contributed by atoms with E-state index in [1.807, 2.05) is 80.6 Å². The molecule has 5 heteroatoms. The van der Waals surface area contributed by atoms with E-state index in [1.54, 1.807) is 12.1 Å². The van der Waals surface area contributed by atoms with E-state index in [4.69, 9.17) is 4.74 Å². The molecule has 31 heavy (non-hydrogen) atoms. The van der Waals surface area contributed by atoms with Gasteiger partial charge in [-0.2, -0.15) is 0 Å². The molecule has 160 valence electrons. The molecule has 0 aromatic heterocycles. The Morgan fingerprint density at radius 1 is 0.935 bits per heavy atom. The number of carbonyl (C=O) groups excluding carboxylic acids is 2. The summed E-state index contributed by atoms with van der Waals surface area (Å²) < 4.78 is 5.70. The molecular formula is C26H28N2O3. The number of aryl methyl sites for hydroxylation is 1. The van der Waals surface area contributed by atoms with Crippen molar-refractivity contribution in [1.82, 2.24) is 5.32 Å². The van der Waals surface area contributed by atoms with Gasteiger partial charge in [-0.3, -0.25) is 9.59 Å². The van der Waals surface area contributed by atoms with Crippen LogP contribution in [0.2, 0.25) is 0 Å². The minimum Gasteiger partial charge on any atom is -0.494 e. The van der Waals surface area contributed by atoms with Crippen molar-refractivity contribution < 1.29 is 14.3 Å². The number of amides is 2. The topological polar surface area (TPSA) is 67.4 Å². The van der Waals surface area contributed by atoms with Crippen LogP contribution in [0, 0.1) is 6.92 Å². The zero-order valence-electron chi connectivity index (χ0n) is 17.9. The summed E-state index contributed by atoms with van der Waals surface area (Å²) in [6.07, 6.45) is 1.03. The minimum absolute atomic E-state index is 0.0286. The molecule has 2 amide bonds. The van der Waals surface area contributed by atoms with E-state index in [0.29, 0.717) is 30.7 Å². The highest BCUT2D eigenvalue weighted by molar-refractivity contribution is 6.04. The van der Waals surface area contributed by atoms with Gasteiger partial charge in [0.2, 0.25) is 5.91 Å². The molecule has 1 atom stereocenters. The summed E-state index contributed by atoms with van der Waals surface area (Å²) in [5, 5.41) is 5.91. The van der Waals surface area contributed by atoms with Crippen LogP contribution in [0.3, 0.4) is 0 Å². The van der Waals surface area contributed by atoms with Crippen molar-refractivity contribution in [2.75, 3.05) is 11.9 Å². The largest absolute Gasteiger partial charge is 0.494 e. The SMILES string of the molecule is Cc1cccc(OCCCC(=O)NC(C)c2cccc(NC(=O)c3ccccc3)c2)c1. The van der Waals surface area contributed by atoms with E-state index in [2.05, 4.69) is 10.6 Å². The Morgan fingerprint density at radius 3 is 2.48 bits per heavy atom. The Labute approximate surface area is 183 Å². The first kappa shape index (κ1) is 22.1. The maximum Gasteiger partial charge on any atom is 0.255 e. The summed E-state index contributed by atoms with van der Waals surface area (Å²) in [6, 6.07) is 24.3. The van der Waals surface area contributed by atoms with E-state index in [-0.39, 0.29) is 17.9 Å². The highest BCUT2D eigenvalue weighted by atomic mass is 16.5. The molecule has 2 N–H and O–H groups in total. The van der Waals surface area contributed by atoms with Gasteiger partial charge in [-0.1, -0.05) is 42.5 Å². The lowest BCUT2D eigenvalue weighted by atomic mass is 10.1. The number of benzene rings is 3. The van der Waals surface area contributed by atoms with Crippen LogP contribution in [-0.4, -0.2) is 18.4 Å². The van der Waals surface area contributed by atoms with Gasteiger partial charge in [0.05, 0.1) is 12.6 Å². The first-order valence-electron chi connectivity index (χ1n) is 10.5. The highest BCUT2D eigenvalue weighted by Crippen LogP contribution is 2.19. The molecule has 0 fully saturated rings. The van der Waals surface area contributed by atoms with Gasteiger partial charge >= 0.3 is 0 Å². The van der Waals surface area contributed by atoms with Gasteiger partial charge in [0.1, 0.15) is 5.75 Å². The lowest BCUT2D eigenvalue weighted by molar-refractivity contribution is -0.121. The average Bonchev–Trinajstić information content (AvgIpc) is 2.77. The van der Waals surface area contributed by atoms with Crippen molar-refractivity contribution in [3.8, 4) is 5.75 Å². The Bertz CT molecular complexity index is 1020.